The number of fused-ring (bicyclic) bond motifs is 2. The van der Waals surface area contributed by atoms with Crippen LogP contribution in [-0.4, -0.2) is 27.6 Å². The third kappa shape index (κ3) is 2.97. The van der Waals surface area contributed by atoms with E-state index in [-0.39, 0.29) is 17.9 Å². The van der Waals surface area contributed by atoms with Crippen LogP contribution in [0.2, 0.25) is 0 Å². The van der Waals surface area contributed by atoms with E-state index >= 15 is 0 Å². The van der Waals surface area contributed by atoms with Gasteiger partial charge in [-0.1, -0.05) is 29.4 Å². The number of amides is 1. The van der Waals surface area contributed by atoms with Crippen molar-refractivity contribution in [1.29, 1.82) is 0 Å². The van der Waals surface area contributed by atoms with E-state index in [1.807, 2.05) is 54.8 Å². The molecule has 0 fully saturated rings. The first kappa shape index (κ1) is 18.0. The number of pyridine rings is 1. The van der Waals surface area contributed by atoms with Crippen molar-refractivity contribution in [1.82, 2.24) is 14.6 Å². The second kappa shape index (κ2) is 6.96. The Hall–Kier alpha value is -3.41. The fourth-order valence-corrected chi connectivity index (χ4v) is 3.56. The van der Waals surface area contributed by atoms with Crippen molar-refractivity contribution in [3.63, 3.8) is 0 Å². The molecule has 2 aromatic carbocycles. The summed E-state index contributed by atoms with van der Waals surface area (Å²) in [6.07, 6.45) is 0. The molecule has 0 spiro atoms. The lowest BCUT2D eigenvalue weighted by molar-refractivity contribution is -0.130. The zero-order valence-electron chi connectivity index (χ0n) is 16.1. The minimum Gasteiger partial charge on any atom is -0.361 e. The van der Waals surface area contributed by atoms with E-state index < -0.39 is 0 Å². The third-order valence-corrected chi connectivity index (χ3v) is 5.17. The lowest BCUT2D eigenvalue weighted by atomic mass is 10.1. The third-order valence-electron chi connectivity index (χ3n) is 5.17. The van der Waals surface area contributed by atoms with Gasteiger partial charge in [0.05, 0.1) is 23.3 Å². The Bertz CT molecular complexity index is 1170. The normalized spacial score (nSPS) is 11.2. The first-order chi connectivity index (χ1) is 13.5. The van der Waals surface area contributed by atoms with E-state index in [2.05, 4.69) is 5.16 Å². The van der Waals surface area contributed by atoms with Crippen molar-refractivity contribution in [2.75, 3.05) is 7.05 Å². The van der Waals surface area contributed by atoms with Crippen molar-refractivity contribution in [2.45, 2.75) is 26.9 Å². The fraction of sp³-hybridized carbons (Fsp3) is 0.227. The zero-order chi connectivity index (χ0) is 19.8. The van der Waals surface area contributed by atoms with E-state index in [1.165, 1.54) is 0 Å². The van der Waals surface area contributed by atoms with Gasteiger partial charge in [-0.05, 0) is 38.1 Å². The minimum atomic E-state index is -0.0565. The number of para-hydroxylation sites is 2. The number of carbonyl (C=O) groups excluding carboxylic acids is 1. The highest BCUT2D eigenvalue weighted by atomic mass is 16.5. The maximum Gasteiger partial charge on any atom is 0.242 e. The molecule has 2 heterocycles. The molecule has 4 aromatic rings. The molecule has 0 unspecified atom stereocenters. The Morgan fingerprint density at radius 1 is 1.04 bits per heavy atom. The number of hydrogen-bond donors (Lipinski definition) is 0. The van der Waals surface area contributed by atoms with Crippen molar-refractivity contribution in [3.05, 3.63) is 75.8 Å². The Morgan fingerprint density at radius 3 is 2.14 bits per heavy atom. The summed E-state index contributed by atoms with van der Waals surface area (Å²) in [5.41, 5.74) is 3.21. The molecule has 0 aliphatic carbocycles. The van der Waals surface area contributed by atoms with Gasteiger partial charge < -0.3 is 14.0 Å². The minimum absolute atomic E-state index is 0.0148. The number of hydrogen-bond acceptors (Lipinski definition) is 4. The summed E-state index contributed by atoms with van der Waals surface area (Å²) in [4.78, 5) is 27.5. The largest absolute Gasteiger partial charge is 0.361 e. The molecule has 6 heteroatoms. The van der Waals surface area contributed by atoms with Crippen LogP contribution in [0.25, 0.3) is 21.8 Å². The topological polar surface area (TPSA) is 68.3 Å². The smallest absolute Gasteiger partial charge is 0.242 e. The van der Waals surface area contributed by atoms with Crippen LogP contribution in [0.4, 0.5) is 0 Å². The monoisotopic (exact) mass is 375 g/mol. The van der Waals surface area contributed by atoms with Crippen LogP contribution >= 0.6 is 0 Å². The molecule has 0 N–H and O–H groups in total. The van der Waals surface area contributed by atoms with Gasteiger partial charge in [0.25, 0.3) is 0 Å². The van der Waals surface area contributed by atoms with Crippen molar-refractivity contribution in [2.24, 2.45) is 0 Å². The lowest BCUT2D eigenvalue weighted by Gasteiger charge is -2.20. The molecule has 0 aliphatic heterocycles. The molecule has 0 saturated carbocycles. The number of carbonyl (C=O) groups is 1. The lowest BCUT2D eigenvalue weighted by Crippen LogP contribution is -2.30. The molecule has 0 saturated heterocycles. The van der Waals surface area contributed by atoms with Gasteiger partial charge in [-0.15, -0.1) is 0 Å². The highest BCUT2D eigenvalue weighted by Gasteiger charge is 2.18. The predicted molar refractivity (Wildman–Crippen MR) is 108 cm³/mol. The van der Waals surface area contributed by atoms with Gasteiger partial charge in [-0.25, -0.2) is 0 Å². The van der Waals surface area contributed by atoms with Crippen LogP contribution < -0.4 is 5.43 Å². The molecule has 142 valence electrons. The molecular weight excluding hydrogens is 354 g/mol. The molecule has 1 amide bonds. The summed E-state index contributed by atoms with van der Waals surface area (Å²) in [5.74, 6) is 0.662. The first-order valence-electron chi connectivity index (χ1n) is 9.13. The van der Waals surface area contributed by atoms with Gasteiger partial charge >= 0.3 is 0 Å². The maximum absolute atomic E-state index is 13.0. The number of likely N-dealkylation sites (N-methyl/N-ethyl adjacent to an activating group) is 1. The van der Waals surface area contributed by atoms with E-state index in [0.717, 1.165) is 28.1 Å². The standard InChI is InChI=1S/C22H21N3O3/c1-14-18(15(2)28-23-14)12-24(3)21(26)13-25-19-10-6-4-8-16(19)22(27)17-9-5-7-11-20(17)25/h4-11H,12-13H2,1-3H3. The van der Waals surface area contributed by atoms with Crippen molar-refractivity contribution >= 4 is 27.7 Å². The number of aryl methyl sites for hydroxylation is 2. The number of rotatable bonds is 4. The van der Waals surface area contributed by atoms with E-state index in [4.69, 9.17) is 4.52 Å². The Morgan fingerprint density at radius 2 is 1.61 bits per heavy atom. The molecule has 0 bridgehead atoms. The molecule has 2 aromatic heterocycles. The Labute approximate surface area is 162 Å². The summed E-state index contributed by atoms with van der Waals surface area (Å²) >= 11 is 0. The van der Waals surface area contributed by atoms with Crippen LogP contribution in [0, 0.1) is 13.8 Å². The van der Waals surface area contributed by atoms with Gasteiger partial charge in [0.2, 0.25) is 5.91 Å². The van der Waals surface area contributed by atoms with Gasteiger partial charge in [-0.3, -0.25) is 9.59 Å². The van der Waals surface area contributed by atoms with Crippen LogP contribution in [-0.2, 0) is 17.9 Å². The average Bonchev–Trinajstić information content (AvgIpc) is 3.03. The summed E-state index contributed by atoms with van der Waals surface area (Å²) in [6.45, 7) is 4.28. The van der Waals surface area contributed by atoms with Gasteiger partial charge in [0, 0.05) is 23.4 Å². The van der Waals surface area contributed by atoms with Crippen LogP contribution in [0.1, 0.15) is 17.0 Å². The number of nitrogens with zero attached hydrogens (tertiary/aromatic N) is 3. The zero-order valence-corrected chi connectivity index (χ0v) is 16.1. The summed E-state index contributed by atoms with van der Waals surface area (Å²) < 4.78 is 7.11. The fourth-order valence-electron chi connectivity index (χ4n) is 3.56. The van der Waals surface area contributed by atoms with Gasteiger partial charge in [0.1, 0.15) is 12.3 Å². The maximum atomic E-state index is 13.0. The Kier molecular flexibility index (Phi) is 4.47. The molecule has 4 rings (SSSR count). The van der Waals surface area contributed by atoms with E-state index in [9.17, 15) is 9.59 Å². The van der Waals surface area contributed by atoms with Crippen LogP contribution in [0.15, 0.2) is 57.8 Å². The molecular formula is C22H21N3O3. The van der Waals surface area contributed by atoms with Crippen LogP contribution in [0.5, 0.6) is 0 Å². The van der Waals surface area contributed by atoms with Crippen molar-refractivity contribution in [3.8, 4) is 0 Å². The van der Waals surface area contributed by atoms with Gasteiger partial charge in [-0.2, -0.15) is 0 Å². The van der Waals surface area contributed by atoms with Crippen molar-refractivity contribution < 1.29 is 9.32 Å². The Balaban J connectivity index is 1.75. The molecule has 0 radical (unpaired) electrons. The average molecular weight is 375 g/mol. The number of benzene rings is 2. The second-order valence-electron chi connectivity index (χ2n) is 7.00. The van der Waals surface area contributed by atoms with E-state index in [1.54, 1.807) is 24.1 Å². The summed E-state index contributed by atoms with van der Waals surface area (Å²) in [6, 6.07) is 14.8. The molecule has 0 aliphatic rings. The highest BCUT2D eigenvalue weighted by Crippen LogP contribution is 2.20. The molecule has 28 heavy (non-hydrogen) atoms. The quantitative estimate of drug-likeness (QED) is 0.513. The molecule has 6 nitrogen and oxygen atoms in total. The summed E-state index contributed by atoms with van der Waals surface area (Å²) in [7, 11) is 1.77. The summed E-state index contributed by atoms with van der Waals surface area (Å²) in [5, 5.41) is 5.18. The number of aromatic nitrogens is 2. The molecule has 0 atom stereocenters. The first-order valence-corrected chi connectivity index (χ1v) is 9.13. The second-order valence-corrected chi connectivity index (χ2v) is 7.00. The highest BCUT2D eigenvalue weighted by molar-refractivity contribution is 5.94. The van der Waals surface area contributed by atoms with E-state index in [0.29, 0.717) is 17.3 Å². The van der Waals surface area contributed by atoms with Crippen LogP contribution in [0.3, 0.4) is 0 Å². The predicted octanol–water partition coefficient (Wildman–Crippen LogP) is 3.42. The SMILES string of the molecule is Cc1noc(C)c1CN(C)C(=O)Cn1c2ccccc2c(=O)c2ccccc21. The van der Waals surface area contributed by atoms with Gasteiger partial charge in [0.15, 0.2) is 5.43 Å².